The van der Waals surface area contributed by atoms with Crippen molar-refractivity contribution in [2.45, 2.75) is 6.18 Å². The Kier molecular flexibility index (Phi) is 3.94. The number of carboxylic acid groups (broad SMARTS) is 1. The third kappa shape index (κ3) is 3.57. The van der Waals surface area contributed by atoms with Gasteiger partial charge >= 0.3 is 12.1 Å². The summed E-state index contributed by atoms with van der Waals surface area (Å²) in [6, 6.07) is 3.89. The summed E-state index contributed by atoms with van der Waals surface area (Å²) in [7, 11) is 0. The quantitative estimate of drug-likeness (QED) is 0.912. The van der Waals surface area contributed by atoms with E-state index in [1.54, 1.807) is 0 Å². The van der Waals surface area contributed by atoms with Gasteiger partial charge in [-0.3, -0.25) is 10.1 Å². The number of carbonyl (C=O) groups excluding carboxylic acids is 1. The van der Waals surface area contributed by atoms with E-state index in [9.17, 15) is 22.8 Å². The van der Waals surface area contributed by atoms with Gasteiger partial charge in [0.15, 0.2) is 10.8 Å². The first-order chi connectivity index (χ1) is 9.77. The highest BCUT2D eigenvalue weighted by Gasteiger charge is 2.30. The standard InChI is InChI=1S/C12H7F3N2O3S/c13-12(14,15)7-3-1-2-6(4-7)9(18)17-11-16-8(5-21-11)10(19)20/h1-5H,(H,19,20)(H,16,17,18). The minimum atomic E-state index is -4.55. The zero-order chi connectivity index (χ0) is 15.6. The molecule has 0 radical (unpaired) electrons. The maximum absolute atomic E-state index is 12.5. The van der Waals surface area contributed by atoms with Crippen molar-refractivity contribution in [3.63, 3.8) is 0 Å². The normalized spacial score (nSPS) is 11.2. The molecule has 1 aromatic heterocycles. The first kappa shape index (κ1) is 15.0. The Morgan fingerprint density at radius 1 is 1.29 bits per heavy atom. The molecule has 1 amide bonds. The summed E-state index contributed by atoms with van der Waals surface area (Å²) in [6.07, 6.45) is -4.55. The number of aromatic nitrogens is 1. The predicted molar refractivity (Wildman–Crippen MR) is 68.5 cm³/mol. The number of aromatic carboxylic acids is 1. The number of alkyl halides is 3. The number of nitrogens with one attached hydrogen (secondary N) is 1. The lowest BCUT2D eigenvalue weighted by Gasteiger charge is -2.08. The molecule has 0 saturated heterocycles. The Labute approximate surface area is 120 Å². The van der Waals surface area contributed by atoms with Gasteiger partial charge in [0, 0.05) is 10.9 Å². The van der Waals surface area contributed by atoms with Crippen LogP contribution >= 0.6 is 11.3 Å². The van der Waals surface area contributed by atoms with E-state index < -0.39 is 23.6 Å². The minimum absolute atomic E-state index is 0.00480. The summed E-state index contributed by atoms with van der Waals surface area (Å²) in [5.41, 5.74) is -1.39. The van der Waals surface area contributed by atoms with Crippen LogP contribution in [0.15, 0.2) is 29.6 Å². The van der Waals surface area contributed by atoms with Crippen LogP contribution in [-0.4, -0.2) is 22.0 Å². The lowest BCUT2D eigenvalue weighted by molar-refractivity contribution is -0.137. The molecule has 2 N–H and O–H groups in total. The van der Waals surface area contributed by atoms with Crippen LogP contribution < -0.4 is 5.32 Å². The average Bonchev–Trinajstić information content (AvgIpc) is 2.86. The predicted octanol–water partition coefficient (Wildman–Crippen LogP) is 3.11. The van der Waals surface area contributed by atoms with E-state index >= 15 is 0 Å². The zero-order valence-electron chi connectivity index (χ0n) is 10.1. The Hall–Kier alpha value is -2.42. The molecule has 2 aromatic rings. The maximum Gasteiger partial charge on any atom is 0.416 e. The van der Waals surface area contributed by atoms with Gasteiger partial charge in [-0.2, -0.15) is 13.2 Å². The largest absolute Gasteiger partial charge is 0.476 e. The third-order valence-corrected chi connectivity index (χ3v) is 3.15. The number of halogens is 3. The van der Waals surface area contributed by atoms with Crippen molar-refractivity contribution in [2.75, 3.05) is 5.32 Å². The molecule has 2 rings (SSSR count). The maximum atomic E-state index is 12.5. The molecule has 1 heterocycles. The molecule has 110 valence electrons. The molecule has 0 aliphatic heterocycles. The van der Waals surface area contributed by atoms with Gasteiger partial charge in [0.1, 0.15) is 0 Å². The number of hydrogen-bond donors (Lipinski definition) is 2. The third-order valence-electron chi connectivity index (χ3n) is 2.40. The first-order valence-electron chi connectivity index (χ1n) is 5.45. The molecule has 0 atom stereocenters. The number of carbonyl (C=O) groups is 2. The Morgan fingerprint density at radius 2 is 2.00 bits per heavy atom. The summed E-state index contributed by atoms with van der Waals surface area (Å²) in [4.78, 5) is 26.1. The van der Waals surface area contributed by atoms with Gasteiger partial charge in [-0.25, -0.2) is 9.78 Å². The molecular formula is C12H7F3N2O3S. The number of hydrogen-bond acceptors (Lipinski definition) is 4. The highest BCUT2D eigenvalue weighted by Crippen LogP contribution is 2.29. The molecule has 0 unspecified atom stereocenters. The Bertz CT molecular complexity index is 697. The van der Waals surface area contributed by atoms with Crippen LogP contribution in [0, 0.1) is 0 Å². The Balaban J connectivity index is 2.18. The molecule has 0 aliphatic rings. The lowest BCUT2D eigenvalue weighted by atomic mass is 10.1. The SMILES string of the molecule is O=C(Nc1nc(C(=O)O)cs1)c1cccc(C(F)(F)F)c1. The molecule has 5 nitrogen and oxygen atoms in total. The molecule has 0 aliphatic carbocycles. The number of nitrogens with zero attached hydrogens (tertiary/aromatic N) is 1. The summed E-state index contributed by atoms with van der Waals surface area (Å²) in [5.74, 6) is -2.06. The molecule has 1 aromatic carbocycles. The van der Waals surface area contributed by atoms with Crippen LogP contribution in [0.25, 0.3) is 0 Å². The van der Waals surface area contributed by atoms with E-state index in [0.29, 0.717) is 6.07 Å². The second-order valence-electron chi connectivity index (χ2n) is 3.88. The fraction of sp³-hybridized carbons (Fsp3) is 0.0833. The summed E-state index contributed by atoms with van der Waals surface area (Å²) >= 11 is 0.865. The van der Waals surface area contributed by atoms with Gasteiger partial charge in [-0.15, -0.1) is 11.3 Å². The summed E-state index contributed by atoms with van der Waals surface area (Å²) < 4.78 is 37.6. The van der Waals surface area contributed by atoms with E-state index in [1.807, 2.05) is 0 Å². The monoisotopic (exact) mass is 316 g/mol. The molecule has 0 bridgehead atoms. The van der Waals surface area contributed by atoms with Crippen molar-refractivity contribution >= 4 is 28.3 Å². The summed E-state index contributed by atoms with van der Waals surface area (Å²) in [5, 5.41) is 12.1. The van der Waals surface area contributed by atoms with E-state index in [2.05, 4.69) is 10.3 Å². The molecule has 21 heavy (non-hydrogen) atoms. The molecule has 0 fully saturated rings. The van der Waals surface area contributed by atoms with Gasteiger partial charge in [-0.1, -0.05) is 6.07 Å². The van der Waals surface area contributed by atoms with Crippen molar-refractivity contribution in [1.82, 2.24) is 4.98 Å². The van der Waals surface area contributed by atoms with Gasteiger partial charge < -0.3 is 5.11 Å². The Morgan fingerprint density at radius 3 is 2.57 bits per heavy atom. The second kappa shape index (κ2) is 5.52. The van der Waals surface area contributed by atoms with Gasteiger partial charge in [0.05, 0.1) is 5.56 Å². The molecule has 0 spiro atoms. The van der Waals surface area contributed by atoms with Crippen molar-refractivity contribution in [3.8, 4) is 0 Å². The van der Waals surface area contributed by atoms with Crippen LogP contribution in [0.4, 0.5) is 18.3 Å². The van der Waals surface area contributed by atoms with E-state index in [1.165, 1.54) is 11.4 Å². The number of anilines is 1. The fourth-order valence-electron chi connectivity index (χ4n) is 1.44. The lowest BCUT2D eigenvalue weighted by Crippen LogP contribution is -2.14. The molecule has 0 saturated carbocycles. The first-order valence-corrected chi connectivity index (χ1v) is 6.33. The highest BCUT2D eigenvalue weighted by molar-refractivity contribution is 7.14. The fourth-order valence-corrected chi connectivity index (χ4v) is 2.11. The van der Waals surface area contributed by atoms with Crippen LogP contribution in [-0.2, 0) is 6.18 Å². The highest BCUT2D eigenvalue weighted by atomic mass is 32.1. The number of carboxylic acids is 1. The van der Waals surface area contributed by atoms with Crippen molar-refractivity contribution < 1.29 is 27.9 Å². The minimum Gasteiger partial charge on any atom is -0.476 e. The van der Waals surface area contributed by atoms with Crippen molar-refractivity contribution in [3.05, 3.63) is 46.5 Å². The number of amides is 1. The number of rotatable bonds is 3. The van der Waals surface area contributed by atoms with E-state index in [-0.39, 0.29) is 16.4 Å². The van der Waals surface area contributed by atoms with Crippen LogP contribution in [0.3, 0.4) is 0 Å². The van der Waals surface area contributed by atoms with Gasteiger partial charge in [-0.05, 0) is 18.2 Å². The topological polar surface area (TPSA) is 79.3 Å². The van der Waals surface area contributed by atoms with Crippen molar-refractivity contribution in [1.29, 1.82) is 0 Å². The van der Waals surface area contributed by atoms with Gasteiger partial charge in [0.25, 0.3) is 5.91 Å². The van der Waals surface area contributed by atoms with E-state index in [0.717, 1.165) is 23.5 Å². The zero-order valence-corrected chi connectivity index (χ0v) is 11.0. The van der Waals surface area contributed by atoms with Crippen LogP contribution in [0.5, 0.6) is 0 Å². The van der Waals surface area contributed by atoms with Crippen LogP contribution in [0.2, 0.25) is 0 Å². The average molecular weight is 316 g/mol. The van der Waals surface area contributed by atoms with Crippen molar-refractivity contribution in [2.24, 2.45) is 0 Å². The second-order valence-corrected chi connectivity index (χ2v) is 4.73. The molecular weight excluding hydrogens is 309 g/mol. The molecule has 9 heteroatoms. The summed E-state index contributed by atoms with van der Waals surface area (Å²) in [6.45, 7) is 0. The van der Waals surface area contributed by atoms with E-state index in [4.69, 9.17) is 5.11 Å². The van der Waals surface area contributed by atoms with Gasteiger partial charge in [0.2, 0.25) is 0 Å². The van der Waals surface area contributed by atoms with Crippen LogP contribution in [0.1, 0.15) is 26.4 Å². The smallest absolute Gasteiger partial charge is 0.416 e. The number of thiazole rings is 1. The number of benzene rings is 1.